The molecular weight excluding hydrogens is 316 g/mol. The highest BCUT2D eigenvalue weighted by Gasteiger charge is 2.25. The number of benzene rings is 1. The summed E-state index contributed by atoms with van der Waals surface area (Å²) in [4.78, 5) is 13.3. The Morgan fingerprint density at radius 3 is 2.48 bits per heavy atom. The van der Waals surface area contributed by atoms with Gasteiger partial charge < -0.3 is 0 Å². The molecule has 2 amide bonds. The summed E-state index contributed by atoms with van der Waals surface area (Å²) in [6.45, 7) is 5.42. The summed E-state index contributed by atoms with van der Waals surface area (Å²) in [5, 5.41) is 3.72. The van der Waals surface area contributed by atoms with Crippen molar-refractivity contribution in [2.24, 2.45) is 5.10 Å². The third kappa shape index (κ3) is 5.73. The van der Waals surface area contributed by atoms with Crippen LogP contribution in [0.3, 0.4) is 0 Å². The van der Waals surface area contributed by atoms with Crippen molar-refractivity contribution in [3.8, 4) is 0 Å². The Hall–Kier alpha value is -1.59. The number of nitrogens with one attached hydrogen (secondary N) is 1. The van der Waals surface area contributed by atoms with Gasteiger partial charge in [-0.3, -0.25) is 4.90 Å². The molecule has 0 aliphatic carbocycles. The number of carbonyl (C=O) groups excluding carboxylic acids is 1. The molecule has 7 heteroatoms. The molecule has 0 fully saturated rings. The van der Waals surface area contributed by atoms with Gasteiger partial charge in [0.25, 0.3) is 0 Å². The van der Waals surface area contributed by atoms with Gasteiger partial charge in [-0.1, -0.05) is 41.4 Å². The van der Waals surface area contributed by atoms with Crippen molar-refractivity contribution in [1.82, 2.24) is 10.3 Å². The maximum Gasteiger partial charge on any atom is 0.342 e. The van der Waals surface area contributed by atoms with Crippen molar-refractivity contribution < 1.29 is 9.18 Å². The van der Waals surface area contributed by atoms with Gasteiger partial charge in [0.1, 0.15) is 10.3 Å². The maximum absolute atomic E-state index is 13.4. The van der Waals surface area contributed by atoms with E-state index >= 15 is 0 Å². The summed E-state index contributed by atoms with van der Waals surface area (Å²) in [5.41, 5.74) is 2.02. The number of hydrogen-bond donors (Lipinski definition) is 1. The SMILES string of the molecule is CC(C)(C)N(C=C(Cl)Cl)C(=O)N/N=C\c1ccccc1F. The van der Waals surface area contributed by atoms with Crippen LogP contribution in [0.2, 0.25) is 0 Å². The fourth-order valence-electron chi connectivity index (χ4n) is 1.45. The molecule has 0 atom stereocenters. The molecule has 0 aliphatic rings. The summed E-state index contributed by atoms with van der Waals surface area (Å²) in [5.74, 6) is -0.424. The summed E-state index contributed by atoms with van der Waals surface area (Å²) in [7, 11) is 0. The lowest BCUT2D eigenvalue weighted by Crippen LogP contribution is -2.45. The van der Waals surface area contributed by atoms with Crippen molar-refractivity contribution in [3.05, 3.63) is 46.3 Å². The molecule has 1 aromatic carbocycles. The average Bonchev–Trinajstić information content (AvgIpc) is 2.36. The van der Waals surface area contributed by atoms with Gasteiger partial charge >= 0.3 is 6.03 Å². The molecule has 0 aliphatic heterocycles. The van der Waals surface area contributed by atoms with E-state index in [2.05, 4.69) is 10.5 Å². The van der Waals surface area contributed by atoms with Gasteiger partial charge in [-0.2, -0.15) is 5.10 Å². The molecule has 0 saturated carbocycles. The maximum atomic E-state index is 13.4. The highest BCUT2D eigenvalue weighted by atomic mass is 35.5. The number of rotatable bonds is 3. The van der Waals surface area contributed by atoms with Gasteiger partial charge in [-0.15, -0.1) is 0 Å². The number of nitrogens with zero attached hydrogens (tertiary/aromatic N) is 2. The van der Waals surface area contributed by atoms with Crippen molar-refractivity contribution >= 4 is 35.4 Å². The van der Waals surface area contributed by atoms with Crippen LogP contribution in [0, 0.1) is 5.82 Å². The standard InChI is InChI=1S/C14H16Cl2FN3O/c1-14(2,3)20(9-12(15)16)13(21)19-18-8-10-6-4-5-7-11(10)17/h4-9H,1-3H3,(H,19,21)/b18-8-. The topological polar surface area (TPSA) is 44.7 Å². The predicted octanol–water partition coefficient (Wildman–Crippen LogP) is 4.25. The van der Waals surface area contributed by atoms with Crippen LogP contribution >= 0.6 is 23.2 Å². The Morgan fingerprint density at radius 2 is 1.95 bits per heavy atom. The molecule has 0 spiro atoms. The van der Waals surface area contributed by atoms with E-state index in [0.29, 0.717) is 0 Å². The van der Waals surface area contributed by atoms with Crippen molar-refractivity contribution in [3.63, 3.8) is 0 Å². The Kier molecular flexibility index (Phi) is 6.18. The van der Waals surface area contributed by atoms with E-state index < -0.39 is 17.4 Å². The van der Waals surface area contributed by atoms with E-state index in [0.717, 1.165) is 0 Å². The zero-order chi connectivity index (χ0) is 16.0. The third-order valence-electron chi connectivity index (χ3n) is 2.44. The monoisotopic (exact) mass is 331 g/mol. The molecule has 21 heavy (non-hydrogen) atoms. The minimum absolute atomic E-state index is 0.0573. The molecule has 1 rings (SSSR count). The lowest BCUT2D eigenvalue weighted by atomic mass is 10.1. The first-order chi connectivity index (χ1) is 9.71. The van der Waals surface area contributed by atoms with Gasteiger partial charge in [-0.05, 0) is 26.8 Å². The Morgan fingerprint density at radius 1 is 1.33 bits per heavy atom. The molecule has 4 nitrogen and oxygen atoms in total. The van der Waals surface area contributed by atoms with Crippen LogP contribution in [0.1, 0.15) is 26.3 Å². The fraction of sp³-hybridized carbons (Fsp3) is 0.286. The molecular formula is C14H16Cl2FN3O. The van der Waals surface area contributed by atoms with Crippen LogP contribution in [0.5, 0.6) is 0 Å². The fourth-order valence-corrected chi connectivity index (χ4v) is 1.64. The number of urea groups is 1. The zero-order valence-corrected chi connectivity index (χ0v) is 13.4. The lowest BCUT2D eigenvalue weighted by Gasteiger charge is -2.31. The van der Waals surface area contributed by atoms with Crippen molar-refractivity contribution in [2.45, 2.75) is 26.3 Å². The second-order valence-corrected chi connectivity index (χ2v) is 6.16. The first-order valence-corrected chi connectivity index (χ1v) is 6.87. The van der Waals surface area contributed by atoms with Crippen molar-refractivity contribution in [2.75, 3.05) is 0 Å². The van der Waals surface area contributed by atoms with Crippen LogP contribution in [0.25, 0.3) is 0 Å². The predicted molar refractivity (Wildman–Crippen MR) is 83.9 cm³/mol. The van der Waals surface area contributed by atoms with Crippen molar-refractivity contribution in [1.29, 1.82) is 0 Å². The first-order valence-electron chi connectivity index (χ1n) is 6.11. The number of halogens is 3. The smallest absolute Gasteiger partial charge is 0.292 e. The van der Waals surface area contributed by atoms with E-state index in [9.17, 15) is 9.18 Å². The number of hydrogen-bond acceptors (Lipinski definition) is 2. The molecule has 0 aromatic heterocycles. The minimum Gasteiger partial charge on any atom is -0.292 e. The quantitative estimate of drug-likeness (QED) is 0.653. The Balaban J connectivity index is 2.80. The number of carbonyl (C=O) groups is 1. The van der Waals surface area contributed by atoms with E-state index in [1.807, 2.05) is 0 Å². The zero-order valence-electron chi connectivity index (χ0n) is 11.9. The Labute approximate surface area is 133 Å². The van der Waals surface area contributed by atoms with Gasteiger partial charge in [0.05, 0.1) is 6.21 Å². The van der Waals surface area contributed by atoms with Crippen LogP contribution in [0.4, 0.5) is 9.18 Å². The summed E-state index contributed by atoms with van der Waals surface area (Å²) < 4.78 is 13.3. The molecule has 114 valence electrons. The van der Waals surface area contributed by atoms with E-state index in [-0.39, 0.29) is 10.1 Å². The molecule has 0 unspecified atom stereocenters. The summed E-state index contributed by atoms with van der Waals surface area (Å²) in [6.07, 6.45) is 2.51. The van der Waals surface area contributed by atoms with Gasteiger partial charge in [0, 0.05) is 17.3 Å². The minimum atomic E-state index is -0.549. The largest absolute Gasteiger partial charge is 0.342 e. The van der Waals surface area contributed by atoms with Crippen LogP contribution in [-0.2, 0) is 0 Å². The highest BCUT2D eigenvalue weighted by Crippen LogP contribution is 2.18. The normalized spacial score (nSPS) is 11.3. The van der Waals surface area contributed by atoms with E-state index in [1.54, 1.807) is 39.0 Å². The molecule has 1 N–H and O–H groups in total. The molecule has 0 saturated heterocycles. The second-order valence-electron chi connectivity index (χ2n) is 5.16. The Bertz CT molecular complexity index is 564. The van der Waals surface area contributed by atoms with Gasteiger partial charge in [0.15, 0.2) is 0 Å². The summed E-state index contributed by atoms with van der Waals surface area (Å²) >= 11 is 11.2. The second kappa shape index (κ2) is 7.43. The highest BCUT2D eigenvalue weighted by molar-refractivity contribution is 6.55. The van der Waals surface area contributed by atoms with E-state index in [4.69, 9.17) is 23.2 Å². The molecule has 0 heterocycles. The third-order valence-corrected chi connectivity index (χ3v) is 2.63. The van der Waals surface area contributed by atoms with Gasteiger partial charge in [0.2, 0.25) is 0 Å². The molecule has 1 aromatic rings. The first kappa shape index (κ1) is 17.5. The average molecular weight is 332 g/mol. The molecule has 0 radical (unpaired) electrons. The van der Waals surface area contributed by atoms with Crippen LogP contribution < -0.4 is 5.43 Å². The summed E-state index contributed by atoms with van der Waals surface area (Å²) in [6, 6.07) is 5.56. The van der Waals surface area contributed by atoms with Gasteiger partial charge in [-0.25, -0.2) is 14.6 Å². The van der Waals surface area contributed by atoms with Crippen LogP contribution in [0.15, 0.2) is 40.1 Å². The molecule has 0 bridgehead atoms. The number of amides is 2. The number of hydrazone groups is 1. The lowest BCUT2D eigenvalue weighted by molar-refractivity contribution is 0.179. The van der Waals surface area contributed by atoms with E-state index in [1.165, 1.54) is 23.4 Å². The van der Waals surface area contributed by atoms with Crippen LogP contribution in [-0.4, -0.2) is 22.7 Å².